The smallest absolute Gasteiger partial charge is 0.416 e. The molecule has 2 aliphatic rings. The van der Waals surface area contributed by atoms with Crippen molar-refractivity contribution < 1.29 is 14.1 Å². The molecule has 9 nitrogen and oxygen atoms in total. The Balaban J connectivity index is 1.34. The fraction of sp³-hybridized carbons (Fsp3) is 0.500. The molecule has 3 aromatic heterocycles. The van der Waals surface area contributed by atoms with Gasteiger partial charge in [0.25, 0.3) is 0 Å². The van der Waals surface area contributed by atoms with E-state index in [0.29, 0.717) is 17.8 Å². The number of carbonyl (C=O) groups is 1. The van der Waals surface area contributed by atoms with Gasteiger partial charge in [0, 0.05) is 24.3 Å². The van der Waals surface area contributed by atoms with Gasteiger partial charge in [-0.05, 0) is 56.6 Å². The van der Waals surface area contributed by atoms with Gasteiger partial charge in [-0.25, -0.2) is 19.7 Å². The van der Waals surface area contributed by atoms with Crippen molar-refractivity contribution >= 4 is 35.5 Å². The topological polar surface area (TPSA) is 103 Å². The summed E-state index contributed by atoms with van der Waals surface area (Å²) in [6, 6.07) is 3.92. The standard InChI is InChI=1S/C22H27N6O3P/c1-21(14-27-12-16-6-4-9-23-19(16)26-27)7-5-8-22(13-21)15-28(20(29)31-22)17-10-25-18(11-24-17)32(2,3)30/h4,6,9-12H,5,7-8,13-15H2,1-3H3/t21-,22-/m0/s1. The minimum atomic E-state index is -2.50. The predicted octanol–water partition coefficient (Wildman–Crippen LogP) is 3.45. The summed E-state index contributed by atoms with van der Waals surface area (Å²) in [4.78, 5) is 27.3. The van der Waals surface area contributed by atoms with Crippen molar-refractivity contribution in [1.29, 1.82) is 0 Å². The second-order valence-corrected chi connectivity index (χ2v) is 13.0. The number of hydrogen-bond acceptors (Lipinski definition) is 7. The van der Waals surface area contributed by atoms with Gasteiger partial charge in [-0.1, -0.05) is 6.92 Å². The zero-order valence-corrected chi connectivity index (χ0v) is 19.5. The van der Waals surface area contributed by atoms with Crippen LogP contribution in [0.15, 0.2) is 36.9 Å². The maximum absolute atomic E-state index is 12.8. The van der Waals surface area contributed by atoms with Crippen LogP contribution in [0.1, 0.15) is 32.6 Å². The van der Waals surface area contributed by atoms with Gasteiger partial charge in [0.15, 0.2) is 11.5 Å². The highest BCUT2D eigenvalue weighted by molar-refractivity contribution is 7.69. The van der Waals surface area contributed by atoms with Crippen molar-refractivity contribution in [2.75, 3.05) is 24.8 Å². The molecule has 168 valence electrons. The van der Waals surface area contributed by atoms with E-state index in [1.54, 1.807) is 24.4 Å². The highest BCUT2D eigenvalue weighted by atomic mass is 31.2. The van der Waals surface area contributed by atoms with E-state index in [-0.39, 0.29) is 5.41 Å². The first-order valence-electron chi connectivity index (χ1n) is 10.8. The van der Waals surface area contributed by atoms with Crippen molar-refractivity contribution in [3.8, 4) is 0 Å². The van der Waals surface area contributed by atoms with E-state index in [4.69, 9.17) is 4.74 Å². The van der Waals surface area contributed by atoms with Crippen molar-refractivity contribution in [3.63, 3.8) is 0 Å². The Morgan fingerprint density at radius 2 is 2.03 bits per heavy atom. The second-order valence-electron chi connectivity index (χ2n) is 9.80. The lowest BCUT2D eigenvalue weighted by Crippen LogP contribution is -2.45. The van der Waals surface area contributed by atoms with Crippen LogP contribution in [0.3, 0.4) is 0 Å². The molecule has 0 radical (unpaired) electrons. The van der Waals surface area contributed by atoms with Crippen LogP contribution in [0, 0.1) is 5.41 Å². The zero-order chi connectivity index (χ0) is 22.6. The molecule has 10 heteroatoms. The minimum absolute atomic E-state index is 0.0663. The predicted molar refractivity (Wildman–Crippen MR) is 122 cm³/mol. The summed E-state index contributed by atoms with van der Waals surface area (Å²) >= 11 is 0. The highest BCUT2D eigenvalue weighted by Crippen LogP contribution is 2.47. The molecule has 2 fully saturated rings. The first kappa shape index (κ1) is 21.1. The minimum Gasteiger partial charge on any atom is -0.441 e. The van der Waals surface area contributed by atoms with Gasteiger partial charge in [-0.15, -0.1) is 0 Å². The lowest BCUT2D eigenvalue weighted by atomic mass is 9.68. The van der Waals surface area contributed by atoms with Crippen LogP contribution in [-0.4, -0.2) is 56.3 Å². The monoisotopic (exact) mass is 454 g/mol. The van der Waals surface area contributed by atoms with Crippen LogP contribution in [-0.2, 0) is 15.8 Å². The van der Waals surface area contributed by atoms with Crippen LogP contribution in [0.2, 0.25) is 0 Å². The molecule has 5 rings (SSSR count). The van der Waals surface area contributed by atoms with E-state index >= 15 is 0 Å². The van der Waals surface area contributed by atoms with Gasteiger partial charge >= 0.3 is 6.09 Å². The maximum Gasteiger partial charge on any atom is 0.416 e. The molecule has 0 aromatic carbocycles. The quantitative estimate of drug-likeness (QED) is 0.556. The molecule has 0 bridgehead atoms. The molecule has 1 saturated heterocycles. The summed E-state index contributed by atoms with van der Waals surface area (Å²) in [5.41, 5.74) is 0.573. The number of rotatable bonds is 4. The molecule has 1 amide bonds. The number of pyridine rings is 1. The van der Waals surface area contributed by atoms with Crippen LogP contribution in [0.25, 0.3) is 11.0 Å². The van der Waals surface area contributed by atoms with E-state index < -0.39 is 18.8 Å². The van der Waals surface area contributed by atoms with Crippen LogP contribution in [0.5, 0.6) is 0 Å². The molecule has 1 aliphatic heterocycles. The van der Waals surface area contributed by atoms with Gasteiger partial charge in [0.05, 0.1) is 18.9 Å². The van der Waals surface area contributed by atoms with Crippen molar-refractivity contribution in [1.82, 2.24) is 24.7 Å². The normalized spacial score (nSPS) is 26.1. The third-order valence-electron chi connectivity index (χ3n) is 6.46. The molecule has 32 heavy (non-hydrogen) atoms. The summed E-state index contributed by atoms with van der Waals surface area (Å²) in [6.07, 6.45) is 9.95. The van der Waals surface area contributed by atoms with Gasteiger partial charge in [0.1, 0.15) is 18.2 Å². The molecule has 1 saturated carbocycles. The number of amides is 1. The molecule has 4 heterocycles. The molecular weight excluding hydrogens is 427 g/mol. The van der Waals surface area contributed by atoms with Crippen molar-refractivity contribution in [2.24, 2.45) is 5.41 Å². The van der Waals surface area contributed by atoms with Gasteiger partial charge < -0.3 is 9.30 Å². The van der Waals surface area contributed by atoms with E-state index in [2.05, 4.69) is 27.0 Å². The van der Waals surface area contributed by atoms with Crippen LogP contribution >= 0.6 is 7.14 Å². The fourth-order valence-electron chi connectivity index (χ4n) is 5.06. The van der Waals surface area contributed by atoms with Crippen LogP contribution in [0.4, 0.5) is 10.6 Å². The first-order chi connectivity index (χ1) is 15.1. The average molecular weight is 454 g/mol. The number of aromatic nitrogens is 5. The molecule has 3 aromatic rings. The Bertz CT molecular complexity index is 1190. The van der Waals surface area contributed by atoms with Crippen LogP contribution < -0.4 is 10.3 Å². The number of anilines is 1. The number of hydrogen-bond donors (Lipinski definition) is 0. The number of carbonyl (C=O) groups excluding carboxylic acids is 1. The second kappa shape index (κ2) is 7.37. The van der Waals surface area contributed by atoms with E-state index in [1.165, 1.54) is 12.4 Å². The van der Waals surface area contributed by atoms with Gasteiger partial charge in [0.2, 0.25) is 0 Å². The fourth-order valence-corrected chi connectivity index (χ4v) is 5.73. The third-order valence-corrected chi connectivity index (χ3v) is 7.79. The van der Waals surface area contributed by atoms with Crippen molar-refractivity contribution in [2.45, 2.75) is 44.8 Å². The Labute approximate surface area is 186 Å². The third kappa shape index (κ3) is 3.90. The lowest BCUT2D eigenvalue weighted by Gasteiger charge is -2.42. The molecule has 0 N–H and O–H groups in total. The van der Waals surface area contributed by atoms with Crippen molar-refractivity contribution in [3.05, 3.63) is 36.9 Å². The highest BCUT2D eigenvalue weighted by Gasteiger charge is 2.52. The van der Waals surface area contributed by atoms with E-state index in [9.17, 15) is 9.36 Å². The molecule has 0 unspecified atom stereocenters. The Morgan fingerprint density at radius 1 is 1.19 bits per heavy atom. The maximum atomic E-state index is 12.8. The number of nitrogens with zero attached hydrogens (tertiary/aromatic N) is 6. The average Bonchev–Trinajstić information content (AvgIpc) is 3.26. The summed E-state index contributed by atoms with van der Waals surface area (Å²) in [5.74, 6) is 0.431. The van der Waals surface area contributed by atoms with E-state index in [0.717, 1.165) is 43.3 Å². The first-order valence-corrected chi connectivity index (χ1v) is 13.4. The summed E-state index contributed by atoms with van der Waals surface area (Å²) in [5, 5.41) is 5.64. The largest absolute Gasteiger partial charge is 0.441 e. The Hall–Kier alpha value is -2.80. The summed E-state index contributed by atoms with van der Waals surface area (Å²) in [7, 11) is -2.50. The zero-order valence-electron chi connectivity index (χ0n) is 18.6. The number of ether oxygens (including phenoxy) is 1. The number of fused-ring (bicyclic) bond motifs is 1. The molecule has 2 atom stereocenters. The van der Waals surface area contributed by atoms with E-state index in [1.807, 2.05) is 23.0 Å². The molecule has 1 spiro atoms. The van der Waals surface area contributed by atoms with Gasteiger partial charge in [-0.2, -0.15) is 5.10 Å². The lowest BCUT2D eigenvalue weighted by molar-refractivity contribution is -0.0277. The Morgan fingerprint density at radius 3 is 2.75 bits per heavy atom. The summed E-state index contributed by atoms with van der Waals surface area (Å²) in [6.45, 7) is 6.71. The molecule has 1 aliphatic carbocycles. The summed E-state index contributed by atoms with van der Waals surface area (Å²) < 4.78 is 20.1. The molecular formula is C22H27N6O3P. The Kier molecular flexibility index (Phi) is 4.85. The van der Waals surface area contributed by atoms with Gasteiger partial charge in [-0.3, -0.25) is 9.58 Å². The SMILES string of the molecule is C[C@]1(Cn2cc3cccnc3n2)CCC[C@@]2(CN(c3cnc(P(C)(C)=O)cn3)C(=O)O2)C1.